The van der Waals surface area contributed by atoms with E-state index in [9.17, 15) is 4.79 Å². The average Bonchev–Trinajstić information content (AvgIpc) is 2.77. The van der Waals surface area contributed by atoms with Crippen molar-refractivity contribution in [3.8, 4) is 17.2 Å². The van der Waals surface area contributed by atoms with Crippen molar-refractivity contribution in [2.75, 3.05) is 14.2 Å². The van der Waals surface area contributed by atoms with E-state index in [1.165, 1.54) is 0 Å². The molecule has 0 aliphatic heterocycles. The molecule has 0 unspecified atom stereocenters. The molecule has 1 amide bonds. The third-order valence-corrected chi connectivity index (χ3v) is 4.48. The molecule has 5 nitrogen and oxygen atoms in total. The van der Waals surface area contributed by atoms with Crippen LogP contribution in [0.5, 0.6) is 17.2 Å². The summed E-state index contributed by atoms with van der Waals surface area (Å²) in [6.45, 7) is 0.936. The summed E-state index contributed by atoms with van der Waals surface area (Å²) in [5, 5.41) is 2.96. The van der Waals surface area contributed by atoms with Crippen LogP contribution in [0.3, 0.4) is 0 Å². The number of hydrogen-bond acceptors (Lipinski definition) is 4. The SMILES string of the molecule is COc1ccc(CC(=O)NCc2cccc(COc3ccccc3)c2)c(OC)c1. The van der Waals surface area contributed by atoms with Gasteiger partial charge in [0.2, 0.25) is 5.91 Å². The summed E-state index contributed by atoms with van der Waals surface area (Å²) in [6, 6.07) is 23.1. The zero-order valence-electron chi connectivity index (χ0n) is 16.7. The Labute approximate surface area is 171 Å². The highest BCUT2D eigenvalue weighted by Gasteiger charge is 2.10. The Morgan fingerprint density at radius 3 is 2.38 bits per heavy atom. The number of ether oxygens (including phenoxy) is 3. The van der Waals surface area contributed by atoms with Gasteiger partial charge in [-0.25, -0.2) is 0 Å². The predicted molar refractivity (Wildman–Crippen MR) is 112 cm³/mol. The van der Waals surface area contributed by atoms with Gasteiger partial charge in [0.15, 0.2) is 0 Å². The van der Waals surface area contributed by atoms with Crippen molar-refractivity contribution >= 4 is 5.91 Å². The third kappa shape index (κ3) is 6.01. The summed E-state index contributed by atoms with van der Waals surface area (Å²) < 4.78 is 16.3. The molecule has 0 fully saturated rings. The minimum Gasteiger partial charge on any atom is -0.497 e. The van der Waals surface area contributed by atoms with E-state index in [-0.39, 0.29) is 12.3 Å². The highest BCUT2D eigenvalue weighted by molar-refractivity contribution is 5.79. The first kappa shape index (κ1) is 20.3. The van der Waals surface area contributed by atoms with Crippen LogP contribution in [0, 0.1) is 0 Å². The number of para-hydroxylation sites is 1. The van der Waals surface area contributed by atoms with Crippen molar-refractivity contribution < 1.29 is 19.0 Å². The van der Waals surface area contributed by atoms with Crippen LogP contribution in [0.4, 0.5) is 0 Å². The van der Waals surface area contributed by atoms with Crippen LogP contribution < -0.4 is 19.5 Å². The van der Waals surface area contributed by atoms with Gasteiger partial charge in [-0.1, -0.05) is 48.5 Å². The summed E-state index contributed by atoms with van der Waals surface area (Å²) in [7, 11) is 3.18. The van der Waals surface area contributed by atoms with E-state index in [2.05, 4.69) is 5.32 Å². The molecule has 0 heterocycles. The fraction of sp³-hybridized carbons (Fsp3) is 0.208. The molecule has 1 N–H and O–H groups in total. The van der Waals surface area contributed by atoms with E-state index in [1.54, 1.807) is 20.3 Å². The molecule has 0 saturated heterocycles. The molecule has 150 valence electrons. The first-order chi connectivity index (χ1) is 14.2. The van der Waals surface area contributed by atoms with Crippen LogP contribution in [0.15, 0.2) is 72.8 Å². The zero-order valence-corrected chi connectivity index (χ0v) is 16.7. The van der Waals surface area contributed by atoms with Crippen molar-refractivity contribution in [3.63, 3.8) is 0 Å². The summed E-state index contributed by atoms with van der Waals surface area (Å²) in [6.07, 6.45) is 0.240. The minimum atomic E-state index is -0.0700. The van der Waals surface area contributed by atoms with Gasteiger partial charge in [-0.15, -0.1) is 0 Å². The second kappa shape index (κ2) is 10.2. The quantitative estimate of drug-likeness (QED) is 0.596. The van der Waals surface area contributed by atoms with Crippen LogP contribution in [-0.4, -0.2) is 20.1 Å². The molecular formula is C24H25NO4. The number of methoxy groups -OCH3 is 2. The molecule has 3 rings (SSSR count). The maximum atomic E-state index is 12.4. The van der Waals surface area contributed by atoms with Crippen molar-refractivity contribution in [1.82, 2.24) is 5.32 Å². The molecule has 5 heteroatoms. The lowest BCUT2D eigenvalue weighted by Crippen LogP contribution is -2.24. The van der Waals surface area contributed by atoms with E-state index < -0.39 is 0 Å². The van der Waals surface area contributed by atoms with Crippen LogP contribution >= 0.6 is 0 Å². The molecule has 3 aromatic rings. The number of carbonyl (C=O) groups is 1. The Morgan fingerprint density at radius 2 is 1.62 bits per heavy atom. The topological polar surface area (TPSA) is 56.8 Å². The lowest BCUT2D eigenvalue weighted by molar-refractivity contribution is -0.120. The number of amides is 1. The Kier molecular flexibility index (Phi) is 7.11. The summed E-state index contributed by atoms with van der Waals surface area (Å²) in [4.78, 5) is 12.4. The summed E-state index contributed by atoms with van der Waals surface area (Å²) >= 11 is 0. The molecule has 0 aliphatic rings. The fourth-order valence-corrected chi connectivity index (χ4v) is 2.95. The second-order valence-electron chi connectivity index (χ2n) is 6.55. The molecule has 0 atom stereocenters. The van der Waals surface area contributed by atoms with Crippen molar-refractivity contribution in [3.05, 3.63) is 89.5 Å². The van der Waals surface area contributed by atoms with Gasteiger partial charge in [0.05, 0.1) is 20.6 Å². The minimum absolute atomic E-state index is 0.0700. The van der Waals surface area contributed by atoms with Gasteiger partial charge in [-0.2, -0.15) is 0 Å². The van der Waals surface area contributed by atoms with E-state index in [0.29, 0.717) is 24.7 Å². The van der Waals surface area contributed by atoms with Crippen molar-refractivity contribution in [1.29, 1.82) is 0 Å². The van der Waals surface area contributed by atoms with Gasteiger partial charge in [-0.3, -0.25) is 4.79 Å². The molecule has 0 radical (unpaired) electrons. The van der Waals surface area contributed by atoms with Crippen molar-refractivity contribution in [2.24, 2.45) is 0 Å². The lowest BCUT2D eigenvalue weighted by Gasteiger charge is -2.11. The molecule has 0 saturated carbocycles. The van der Waals surface area contributed by atoms with E-state index in [1.807, 2.05) is 66.7 Å². The summed E-state index contributed by atoms with van der Waals surface area (Å²) in [5.74, 6) is 2.10. The van der Waals surface area contributed by atoms with E-state index in [0.717, 1.165) is 22.4 Å². The zero-order chi connectivity index (χ0) is 20.5. The average molecular weight is 391 g/mol. The normalized spacial score (nSPS) is 10.3. The number of benzene rings is 3. The Morgan fingerprint density at radius 1 is 0.828 bits per heavy atom. The molecule has 3 aromatic carbocycles. The van der Waals surface area contributed by atoms with Crippen LogP contribution in [-0.2, 0) is 24.4 Å². The molecule has 0 bridgehead atoms. The van der Waals surface area contributed by atoms with Gasteiger partial charge in [-0.05, 0) is 29.3 Å². The largest absolute Gasteiger partial charge is 0.497 e. The third-order valence-electron chi connectivity index (χ3n) is 4.48. The van der Waals surface area contributed by atoms with Gasteiger partial charge in [0.25, 0.3) is 0 Å². The molecule has 0 aromatic heterocycles. The number of rotatable bonds is 9. The monoisotopic (exact) mass is 391 g/mol. The second-order valence-corrected chi connectivity index (χ2v) is 6.55. The first-order valence-corrected chi connectivity index (χ1v) is 9.41. The van der Waals surface area contributed by atoms with E-state index in [4.69, 9.17) is 14.2 Å². The standard InChI is InChI=1S/C24H25NO4/c1-27-22-12-11-20(23(15-22)28-2)14-24(26)25-16-18-7-6-8-19(13-18)17-29-21-9-4-3-5-10-21/h3-13,15H,14,16-17H2,1-2H3,(H,25,26). The molecular weight excluding hydrogens is 366 g/mol. The van der Waals surface area contributed by atoms with Crippen molar-refractivity contribution in [2.45, 2.75) is 19.6 Å². The maximum Gasteiger partial charge on any atom is 0.224 e. The Hall–Kier alpha value is -3.47. The van der Waals surface area contributed by atoms with Gasteiger partial charge in [0.1, 0.15) is 23.9 Å². The van der Waals surface area contributed by atoms with Gasteiger partial charge >= 0.3 is 0 Å². The van der Waals surface area contributed by atoms with Crippen LogP contribution in [0.1, 0.15) is 16.7 Å². The van der Waals surface area contributed by atoms with Gasteiger partial charge < -0.3 is 19.5 Å². The lowest BCUT2D eigenvalue weighted by atomic mass is 10.1. The number of carbonyl (C=O) groups excluding carboxylic acids is 1. The van der Waals surface area contributed by atoms with Crippen LogP contribution in [0.2, 0.25) is 0 Å². The highest BCUT2D eigenvalue weighted by Crippen LogP contribution is 2.25. The number of nitrogens with one attached hydrogen (secondary N) is 1. The molecule has 29 heavy (non-hydrogen) atoms. The Bertz CT molecular complexity index is 941. The molecule has 0 spiro atoms. The highest BCUT2D eigenvalue weighted by atomic mass is 16.5. The smallest absolute Gasteiger partial charge is 0.224 e. The molecule has 0 aliphatic carbocycles. The Balaban J connectivity index is 1.54. The maximum absolute atomic E-state index is 12.4. The predicted octanol–water partition coefficient (Wildman–Crippen LogP) is 4.14. The number of hydrogen-bond donors (Lipinski definition) is 1. The van der Waals surface area contributed by atoms with Gasteiger partial charge in [0, 0.05) is 18.2 Å². The van der Waals surface area contributed by atoms with Crippen LogP contribution in [0.25, 0.3) is 0 Å². The summed E-state index contributed by atoms with van der Waals surface area (Å²) in [5.41, 5.74) is 2.89. The first-order valence-electron chi connectivity index (χ1n) is 9.41. The fourth-order valence-electron chi connectivity index (χ4n) is 2.95. The van der Waals surface area contributed by atoms with E-state index >= 15 is 0 Å².